The molecule has 0 aliphatic heterocycles. The molecule has 3 aromatic carbocycles. The number of hydrogen-bond donors (Lipinski definition) is 1. The molecule has 5 atom stereocenters. The largest absolute Gasteiger partial charge is 0.497 e. The van der Waals surface area contributed by atoms with Crippen LogP contribution in [0, 0.1) is 17.8 Å². The molecule has 3 aromatic rings. The van der Waals surface area contributed by atoms with Crippen molar-refractivity contribution in [3.63, 3.8) is 0 Å². The van der Waals surface area contributed by atoms with Gasteiger partial charge in [0.2, 0.25) is 0 Å². The van der Waals surface area contributed by atoms with Crippen molar-refractivity contribution in [2.75, 3.05) is 83.2 Å². The summed E-state index contributed by atoms with van der Waals surface area (Å²) in [6, 6.07) is 24.5. The van der Waals surface area contributed by atoms with Crippen molar-refractivity contribution in [1.29, 1.82) is 0 Å². The Morgan fingerprint density at radius 1 is 0.698 bits per heavy atom. The molecule has 0 bridgehead atoms. The lowest BCUT2D eigenvalue weighted by Crippen LogP contribution is -2.38. The van der Waals surface area contributed by atoms with Crippen molar-refractivity contribution in [3.05, 3.63) is 95.6 Å². The first-order valence-electron chi connectivity index (χ1n) is 18.9. The zero-order valence-electron chi connectivity index (χ0n) is 35.8. The van der Waals surface area contributed by atoms with Crippen LogP contribution >= 0.6 is 12.4 Å². The van der Waals surface area contributed by atoms with E-state index in [1.165, 1.54) is 23.1 Å². The third-order valence-electron chi connectivity index (χ3n) is 9.75. The molecule has 0 radical (unpaired) electrons. The van der Waals surface area contributed by atoms with Crippen molar-refractivity contribution in [2.24, 2.45) is 17.8 Å². The minimum Gasteiger partial charge on any atom is -0.497 e. The lowest BCUT2D eigenvalue weighted by Gasteiger charge is -2.35. The summed E-state index contributed by atoms with van der Waals surface area (Å²) in [5.41, 5.74) is 4.14. The van der Waals surface area contributed by atoms with Gasteiger partial charge in [-0.2, -0.15) is 0 Å². The molecule has 0 aromatic heterocycles. The van der Waals surface area contributed by atoms with E-state index in [0.717, 1.165) is 42.4 Å². The molecule has 5 unspecified atom stereocenters. The molecule has 0 aliphatic carbocycles. The van der Waals surface area contributed by atoms with Crippen LogP contribution in [-0.4, -0.2) is 103 Å². The van der Waals surface area contributed by atoms with E-state index in [0.29, 0.717) is 24.2 Å². The normalized spacial score (nSPS) is 14.7. The maximum atomic E-state index is 10.9. The molecule has 53 heavy (non-hydrogen) atoms. The first-order valence-corrected chi connectivity index (χ1v) is 18.9. The molecule has 0 aliphatic rings. The Labute approximate surface area is 330 Å². The summed E-state index contributed by atoms with van der Waals surface area (Å²) in [7, 11) is 17.6. The monoisotopic (exact) mass is 756 g/mol. The Kier molecular flexibility index (Phi) is 24.4. The molecule has 0 amide bonds. The molecular formula is C45H74ClN3O4. The predicted molar refractivity (Wildman–Crippen MR) is 230 cm³/mol. The highest BCUT2D eigenvalue weighted by Crippen LogP contribution is 2.35. The number of ether oxygens (including phenoxy) is 3. The van der Waals surface area contributed by atoms with Crippen molar-refractivity contribution >= 4 is 18.0 Å². The van der Waals surface area contributed by atoms with Crippen molar-refractivity contribution in [2.45, 2.75) is 65.9 Å². The van der Waals surface area contributed by atoms with Crippen molar-refractivity contribution < 1.29 is 19.3 Å². The molecule has 3 rings (SSSR count). The number of hydrogen-bond acceptors (Lipinski definition) is 7. The van der Waals surface area contributed by atoms with Gasteiger partial charge in [0.05, 0.1) is 26.9 Å². The molecule has 0 saturated heterocycles. The van der Waals surface area contributed by atoms with Crippen LogP contribution in [0.1, 0.15) is 77.0 Å². The average Bonchev–Trinajstić information content (AvgIpc) is 3.11. The van der Waals surface area contributed by atoms with Crippen molar-refractivity contribution in [3.8, 4) is 17.2 Å². The van der Waals surface area contributed by atoms with Crippen LogP contribution in [0.2, 0.25) is 0 Å². The van der Waals surface area contributed by atoms with Crippen LogP contribution in [-0.2, 0) is 5.60 Å². The average molecular weight is 757 g/mol. The van der Waals surface area contributed by atoms with Gasteiger partial charge in [-0.15, -0.1) is 12.4 Å². The quantitative estimate of drug-likeness (QED) is 0.147. The van der Waals surface area contributed by atoms with Gasteiger partial charge in [-0.05, 0) is 138 Å². The predicted octanol–water partition coefficient (Wildman–Crippen LogP) is 9.60. The summed E-state index contributed by atoms with van der Waals surface area (Å²) >= 11 is 0. The van der Waals surface area contributed by atoms with Crippen LogP contribution in [0.5, 0.6) is 17.2 Å². The van der Waals surface area contributed by atoms with E-state index in [-0.39, 0.29) is 18.3 Å². The first kappa shape index (κ1) is 49.9. The van der Waals surface area contributed by atoms with Gasteiger partial charge in [0.1, 0.15) is 17.2 Å². The molecule has 8 heteroatoms. The first-order chi connectivity index (χ1) is 24.6. The van der Waals surface area contributed by atoms with Crippen LogP contribution in [0.25, 0.3) is 5.57 Å². The second-order valence-electron chi connectivity index (χ2n) is 14.8. The Morgan fingerprint density at radius 2 is 1.19 bits per heavy atom. The van der Waals surface area contributed by atoms with E-state index in [1.54, 1.807) is 21.3 Å². The summed E-state index contributed by atoms with van der Waals surface area (Å²) in [5, 5.41) is 10.9. The Hall–Kier alpha value is -3.07. The van der Waals surface area contributed by atoms with Crippen LogP contribution in [0.4, 0.5) is 0 Å². The maximum Gasteiger partial charge on any atom is 0.119 e. The summed E-state index contributed by atoms with van der Waals surface area (Å²) in [4.78, 5) is 6.58. The van der Waals surface area contributed by atoms with E-state index < -0.39 is 5.60 Å². The highest BCUT2D eigenvalue weighted by atomic mass is 35.5. The Balaban J connectivity index is 0.000000759. The van der Waals surface area contributed by atoms with Gasteiger partial charge in [-0.3, -0.25) is 0 Å². The summed E-state index contributed by atoms with van der Waals surface area (Å²) < 4.78 is 15.8. The van der Waals surface area contributed by atoms with Gasteiger partial charge >= 0.3 is 0 Å². The number of benzene rings is 3. The highest BCUT2D eigenvalue weighted by molar-refractivity contribution is 5.85. The lowest BCUT2D eigenvalue weighted by atomic mass is 9.80. The lowest BCUT2D eigenvalue weighted by molar-refractivity contribution is -0.0293. The Morgan fingerprint density at radius 3 is 1.66 bits per heavy atom. The number of nitrogens with zero attached hydrogens (tertiary/aromatic N) is 3. The molecule has 7 nitrogen and oxygen atoms in total. The number of allylic oxidation sites excluding steroid dienone is 1. The number of halogens is 1. The third-order valence-corrected chi connectivity index (χ3v) is 9.75. The van der Waals surface area contributed by atoms with E-state index in [4.69, 9.17) is 14.2 Å². The van der Waals surface area contributed by atoms with Gasteiger partial charge in [0.25, 0.3) is 0 Å². The van der Waals surface area contributed by atoms with E-state index in [1.807, 2.05) is 63.5 Å². The molecule has 0 spiro atoms. The fraction of sp³-hybridized carbons (Fsp3) is 0.556. The zero-order chi connectivity index (χ0) is 39.4. The van der Waals surface area contributed by atoms with E-state index in [9.17, 15) is 5.11 Å². The van der Waals surface area contributed by atoms with E-state index >= 15 is 0 Å². The molecular weight excluding hydrogens is 682 g/mol. The van der Waals surface area contributed by atoms with Gasteiger partial charge in [0.15, 0.2) is 0 Å². The number of methoxy groups -OCH3 is 3. The van der Waals surface area contributed by atoms with Crippen molar-refractivity contribution in [1.82, 2.24) is 14.7 Å². The van der Waals surface area contributed by atoms with Gasteiger partial charge in [0, 0.05) is 25.6 Å². The zero-order valence-corrected chi connectivity index (χ0v) is 36.6. The minimum absolute atomic E-state index is 0. The Bertz CT molecular complexity index is 1450. The summed E-state index contributed by atoms with van der Waals surface area (Å²) in [6.45, 7) is 16.1. The summed E-state index contributed by atoms with van der Waals surface area (Å²) in [6.07, 6.45) is 4.06. The number of aliphatic hydroxyl groups is 1. The van der Waals surface area contributed by atoms with Gasteiger partial charge in [-0.25, -0.2) is 0 Å². The summed E-state index contributed by atoms with van der Waals surface area (Å²) in [5.74, 6) is 4.59. The molecule has 300 valence electrons. The van der Waals surface area contributed by atoms with Gasteiger partial charge in [-0.1, -0.05) is 77.1 Å². The second kappa shape index (κ2) is 25.9. The number of rotatable bonds is 17. The smallest absolute Gasteiger partial charge is 0.119 e. The van der Waals surface area contributed by atoms with Gasteiger partial charge < -0.3 is 34.0 Å². The van der Waals surface area contributed by atoms with Crippen LogP contribution < -0.4 is 14.2 Å². The fourth-order valence-corrected chi connectivity index (χ4v) is 7.15. The molecule has 0 fully saturated rings. The fourth-order valence-electron chi connectivity index (χ4n) is 7.15. The minimum atomic E-state index is -0.807. The molecule has 0 saturated carbocycles. The van der Waals surface area contributed by atoms with Crippen LogP contribution in [0.15, 0.2) is 78.9 Å². The SMILES string of the molecule is CC=C(c1cccc(OC)c1)C(C)CN(C)C.CCC(O)(c1cccc(OC)c1)C(C)CN(C)C.CCC(c1cccc(OC)c1)C(C)CN(C)C.Cl. The van der Waals surface area contributed by atoms with E-state index in [2.05, 4.69) is 114 Å². The second-order valence-corrected chi connectivity index (χ2v) is 14.8. The topological polar surface area (TPSA) is 57.6 Å². The molecule has 1 N–H and O–H groups in total. The van der Waals surface area contributed by atoms with Crippen LogP contribution in [0.3, 0.4) is 0 Å². The molecule has 0 heterocycles. The maximum absolute atomic E-state index is 10.9. The highest BCUT2D eigenvalue weighted by Gasteiger charge is 2.34. The third kappa shape index (κ3) is 16.9. The standard InChI is InChI=1S/C15H25NO2.C15H25NO.C15H23NO.ClH/c1-6-15(17,12(2)11-16(3)4)13-8-7-9-14(10-13)18-5;2*1-6-15(12(2)11-16(3)4)13-8-7-9-14(10-13)17-5;/h7-10,12,17H,6,11H2,1-5H3;7-10,12,15H,6,11H2,1-5H3;6-10,12H,11H2,1-5H3;1H.